The molecule has 1 N–H and O–H groups in total. The number of hydrogen-bond donors (Lipinski definition) is 1. The zero-order valence-corrected chi connectivity index (χ0v) is 12.9. The zero-order valence-electron chi connectivity index (χ0n) is 12.9. The second-order valence-electron chi connectivity index (χ2n) is 6.58. The lowest BCUT2D eigenvalue weighted by molar-refractivity contribution is 0.178. The van der Waals surface area contributed by atoms with Crippen LogP contribution in [0.2, 0.25) is 0 Å². The van der Waals surface area contributed by atoms with E-state index < -0.39 is 6.10 Å². The second kappa shape index (κ2) is 5.80. The van der Waals surface area contributed by atoms with Gasteiger partial charge in [0, 0.05) is 6.42 Å². The summed E-state index contributed by atoms with van der Waals surface area (Å²) in [6.07, 6.45) is 0.226. The summed E-state index contributed by atoms with van der Waals surface area (Å²) in [6.45, 7) is 8.69. The number of aryl methyl sites for hydroxylation is 1. The van der Waals surface area contributed by atoms with Crippen LogP contribution < -0.4 is 0 Å². The first-order valence-corrected chi connectivity index (χ1v) is 7.20. The summed E-state index contributed by atoms with van der Waals surface area (Å²) in [5, 5.41) is 10.3. The van der Waals surface area contributed by atoms with E-state index in [-0.39, 0.29) is 5.41 Å². The summed E-state index contributed by atoms with van der Waals surface area (Å²) in [5.74, 6) is 0. The largest absolute Gasteiger partial charge is 0.388 e. The van der Waals surface area contributed by atoms with Crippen LogP contribution in [0.5, 0.6) is 0 Å². The quantitative estimate of drug-likeness (QED) is 0.864. The number of benzene rings is 2. The van der Waals surface area contributed by atoms with Gasteiger partial charge in [0.15, 0.2) is 0 Å². The molecule has 0 saturated carbocycles. The molecule has 1 atom stereocenters. The number of hydrogen-bond acceptors (Lipinski definition) is 1. The molecule has 0 aliphatic rings. The average molecular weight is 268 g/mol. The van der Waals surface area contributed by atoms with Crippen molar-refractivity contribution in [3.8, 4) is 0 Å². The van der Waals surface area contributed by atoms with Crippen molar-refractivity contribution in [2.75, 3.05) is 0 Å². The van der Waals surface area contributed by atoms with Crippen LogP contribution in [0.25, 0.3) is 0 Å². The van der Waals surface area contributed by atoms with Gasteiger partial charge < -0.3 is 5.11 Å². The highest BCUT2D eigenvalue weighted by atomic mass is 16.3. The molecule has 2 rings (SSSR count). The molecule has 0 bridgehead atoms. The second-order valence-corrected chi connectivity index (χ2v) is 6.58. The monoisotopic (exact) mass is 268 g/mol. The lowest BCUT2D eigenvalue weighted by atomic mass is 9.86. The van der Waals surface area contributed by atoms with Crippen LogP contribution in [0.1, 0.15) is 49.1 Å². The molecule has 0 aromatic heterocycles. The molecule has 0 aliphatic carbocycles. The highest BCUT2D eigenvalue weighted by Crippen LogP contribution is 2.24. The van der Waals surface area contributed by atoms with Gasteiger partial charge in [-0.15, -0.1) is 0 Å². The summed E-state index contributed by atoms with van der Waals surface area (Å²) in [7, 11) is 0. The minimum Gasteiger partial charge on any atom is -0.388 e. The van der Waals surface area contributed by atoms with E-state index in [0.717, 1.165) is 5.56 Å². The fraction of sp³-hybridized carbons (Fsp3) is 0.368. The topological polar surface area (TPSA) is 20.2 Å². The van der Waals surface area contributed by atoms with Crippen molar-refractivity contribution >= 4 is 0 Å². The molecule has 1 nitrogen and oxygen atoms in total. The van der Waals surface area contributed by atoms with Crippen LogP contribution >= 0.6 is 0 Å². The van der Waals surface area contributed by atoms with Gasteiger partial charge in [0.1, 0.15) is 0 Å². The Kier molecular flexibility index (Phi) is 4.29. The van der Waals surface area contributed by atoms with Gasteiger partial charge in [0.2, 0.25) is 0 Å². The van der Waals surface area contributed by atoms with E-state index in [4.69, 9.17) is 0 Å². The first-order valence-electron chi connectivity index (χ1n) is 7.20. The number of aliphatic hydroxyl groups is 1. The predicted octanol–water partition coefficient (Wildman–Crippen LogP) is 4.57. The Morgan fingerprint density at radius 2 is 1.65 bits per heavy atom. The van der Waals surface area contributed by atoms with Gasteiger partial charge in [0.25, 0.3) is 0 Å². The molecule has 0 radical (unpaired) electrons. The van der Waals surface area contributed by atoms with Gasteiger partial charge in [-0.05, 0) is 29.0 Å². The van der Waals surface area contributed by atoms with Gasteiger partial charge in [-0.25, -0.2) is 0 Å². The van der Waals surface area contributed by atoms with Crippen LogP contribution in [0.4, 0.5) is 0 Å². The third kappa shape index (κ3) is 3.71. The molecule has 2 aromatic carbocycles. The zero-order chi connectivity index (χ0) is 14.8. The molecule has 0 aliphatic heterocycles. The molecule has 1 heteroatoms. The van der Waals surface area contributed by atoms with E-state index in [9.17, 15) is 5.11 Å². The van der Waals surface area contributed by atoms with E-state index in [0.29, 0.717) is 6.42 Å². The third-order valence-electron chi connectivity index (χ3n) is 3.68. The molecule has 0 amide bonds. The number of aliphatic hydroxyl groups excluding tert-OH is 1. The molecule has 2 aromatic rings. The van der Waals surface area contributed by atoms with E-state index >= 15 is 0 Å². The Hall–Kier alpha value is -1.60. The standard InChI is InChI=1S/C19H24O/c1-14-6-5-7-16(12-14)18(20)13-15-8-10-17(11-9-15)19(2,3)4/h5-12,18,20H,13H2,1-4H3. The molecular weight excluding hydrogens is 244 g/mol. The third-order valence-corrected chi connectivity index (χ3v) is 3.68. The first-order chi connectivity index (χ1) is 9.36. The van der Waals surface area contributed by atoms with Crippen LogP contribution in [-0.4, -0.2) is 5.11 Å². The van der Waals surface area contributed by atoms with Crippen molar-refractivity contribution in [1.29, 1.82) is 0 Å². The van der Waals surface area contributed by atoms with Gasteiger partial charge in [0.05, 0.1) is 6.10 Å². The molecule has 0 heterocycles. The molecule has 0 fully saturated rings. The normalized spacial score (nSPS) is 13.2. The summed E-state index contributed by atoms with van der Waals surface area (Å²) >= 11 is 0. The Morgan fingerprint density at radius 3 is 2.20 bits per heavy atom. The van der Waals surface area contributed by atoms with Crippen molar-refractivity contribution in [2.24, 2.45) is 0 Å². The van der Waals surface area contributed by atoms with E-state index in [1.807, 2.05) is 31.2 Å². The maximum atomic E-state index is 10.3. The Balaban J connectivity index is 2.10. The average Bonchev–Trinajstić information content (AvgIpc) is 2.38. The summed E-state index contributed by atoms with van der Waals surface area (Å²) in [4.78, 5) is 0. The fourth-order valence-electron chi connectivity index (χ4n) is 2.36. The van der Waals surface area contributed by atoms with Crippen molar-refractivity contribution < 1.29 is 5.11 Å². The van der Waals surface area contributed by atoms with E-state index in [1.54, 1.807) is 0 Å². The van der Waals surface area contributed by atoms with Gasteiger partial charge in [-0.1, -0.05) is 74.9 Å². The van der Waals surface area contributed by atoms with Crippen LogP contribution in [0.15, 0.2) is 48.5 Å². The Bertz CT molecular complexity index is 561. The highest BCUT2D eigenvalue weighted by Gasteiger charge is 2.14. The van der Waals surface area contributed by atoms with Crippen LogP contribution in [-0.2, 0) is 11.8 Å². The van der Waals surface area contributed by atoms with Crippen molar-refractivity contribution in [3.63, 3.8) is 0 Å². The molecule has 0 spiro atoms. The maximum absolute atomic E-state index is 10.3. The first kappa shape index (κ1) is 14.8. The maximum Gasteiger partial charge on any atom is 0.0830 e. The van der Waals surface area contributed by atoms with Gasteiger partial charge in [-0.2, -0.15) is 0 Å². The molecule has 0 saturated heterocycles. The Labute approximate surface area is 122 Å². The van der Waals surface area contributed by atoms with Crippen molar-refractivity contribution in [2.45, 2.75) is 45.6 Å². The fourth-order valence-corrected chi connectivity index (χ4v) is 2.36. The van der Waals surface area contributed by atoms with Crippen LogP contribution in [0, 0.1) is 6.92 Å². The van der Waals surface area contributed by atoms with Crippen LogP contribution in [0.3, 0.4) is 0 Å². The molecule has 106 valence electrons. The molecular formula is C19H24O. The highest BCUT2D eigenvalue weighted by molar-refractivity contribution is 5.30. The summed E-state index contributed by atoms with van der Waals surface area (Å²) < 4.78 is 0. The van der Waals surface area contributed by atoms with Crippen molar-refractivity contribution in [1.82, 2.24) is 0 Å². The lowest BCUT2D eigenvalue weighted by Gasteiger charge is -2.19. The minimum atomic E-state index is -0.435. The smallest absolute Gasteiger partial charge is 0.0830 e. The SMILES string of the molecule is Cc1cccc(C(O)Cc2ccc(C(C)(C)C)cc2)c1. The van der Waals surface area contributed by atoms with E-state index in [1.165, 1.54) is 16.7 Å². The Morgan fingerprint density at radius 1 is 1.00 bits per heavy atom. The molecule has 20 heavy (non-hydrogen) atoms. The van der Waals surface area contributed by atoms with Gasteiger partial charge >= 0.3 is 0 Å². The van der Waals surface area contributed by atoms with Crippen molar-refractivity contribution in [3.05, 3.63) is 70.8 Å². The summed E-state index contributed by atoms with van der Waals surface area (Å²) in [5.41, 5.74) is 4.85. The van der Waals surface area contributed by atoms with Gasteiger partial charge in [-0.3, -0.25) is 0 Å². The lowest BCUT2D eigenvalue weighted by Crippen LogP contribution is -2.11. The number of rotatable bonds is 3. The predicted molar refractivity (Wildman–Crippen MR) is 85.0 cm³/mol. The summed E-state index contributed by atoms with van der Waals surface area (Å²) in [6, 6.07) is 16.7. The van der Waals surface area contributed by atoms with E-state index in [2.05, 4.69) is 45.0 Å². The minimum absolute atomic E-state index is 0.174. The molecule has 1 unspecified atom stereocenters.